The number of ether oxygens (including phenoxy) is 1. The van der Waals surface area contributed by atoms with Crippen LogP contribution in [0.4, 0.5) is 14.5 Å². The van der Waals surface area contributed by atoms with E-state index >= 15 is 4.39 Å². The molecule has 0 spiro atoms. The van der Waals surface area contributed by atoms with Gasteiger partial charge in [-0.2, -0.15) is 0 Å². The Morgan fingerprint density at radius 1 is 0.694 bits per heavy atom. The lowest BCUT2D eigenvalue weighted by Gasteiger charge is -2.39. The minimum atomic E-state index is -0.969. The molecular weight excluding hydrogens is 608 g/mol. The van der Waals surface area contributed by atoms with Gasteiger partial charge in [0.1, 0.15) is 17.4 Å². The van der Waals surface area contributed by atoms with E-state index in [9.17, 15) is 4.39 Å². The van der Waals surface area contributed by atoms with Gasteiger partial charge in [-0.15, -0.1) is 0 Å². The highest BCUT2D eigenvalue weighted by atomic mass is 19.1. The first-order chi connectivity index (χ1) is 24.0. The molecule has 0 bridgehead atoms. The van der Waals surface area contributed by atoms with E-state index in [0.717, 1.165) is 86.4 Å². The minimum absolute atomic E-state index is 0.239. The fourth-order valence-electron chi connectivity index (χ4n) is 9.11. The fraction of sp³-hybridized carbons (Fsp3) is 0.244. The van der Waals surface area contributed by atoms with E-state index in [1.807, 2.05) is 12.1 Å². The number of benzene rings is 6. The maximum absolute atomic E-state index is 15.3. The SMILES string of the molecule is CCC1(CC)c2cc(F)ccc2-c2c1c1c(c3cc(F)ccc23)OC(c2ccc(N3CCCCC3)cc2)(c2ccc3ccccc3c2)C=C1. The van der Waals surface area contributed by atoms with E-state index < -0.39 is 11.0 Å². The van der Waals surface area contributed by atoms with Crippen molar-refractivity contribution >= 4 is 33.3 Å². The average molecular weight is 648 g/mol. The van der Waals surface area contributed by atoms with Crippen LogP contribution in [0.25, 0.3) is 38.7 Å². The van der Waals surface area contributed by atoms with Gasteiger partial charge in [-0.05, 0) is 119 Å². The number of fused-ring (bicyclic) bond motifs is 9. The molecule has 2 aliphatic heterocycles. The topological polar surface area (TPSA) is 12.5 Å². The van der Waals surface area contributed by atoms with Gasteiger partial charge < -0.3 is 9.64 Å². The molecule has 0 radical (unpaired) electrons. The zero-order valence-corrected chi connectivity index (χ0v) is 28.0. The number of nitrogens with zero attached hydrogens (tertiary/aromatic N) is 1. The van der Waals surface area contributed by atoms with E-state index in [-0.39, 0.29) is 11.6 Å². The molecule has 3 aliphatic rings. The molecular formula is C45H39F2NO. The van der Waals surface area contributed by atoms with E-state index in [1.165, 1.54) is 31.0 Å². The largest absolute Gasteiger partial charge is 0.472 e. The summed E-state index contributed by atoms with van der Waals surface area (Å²) in [7, 11) is 0. The molecule has 0 saturated carbocycles. The van der Waals surface area contributed by atoms with Gasteiger partial charge in [0.15, 0.2) is 5.60 Å². The Morgan fingerprint density at radius 2 is 1.41 bits per heavy atom. The normalized spacial score (nSPS) is 19.1. The average Bonchev–Trinajstić information content (AvgIpc) is 3.44. The Hall–Kier alpha value is -4.96. The molecule has 9 rings (SSSR count). The summed E-state index contributed by atoms with van der Waals surface area (Å²) >= 11 is 0. The third-order valence-corrected chi connectivity index (χ3v) is 11.7. The maximum atomic E-state index is 15.3. The summed E-state index contributed by atoms with van der Waals surface area (Å²) in [5, 5.41) is 3.94. The Kier molecular flexibility index (Phi) is 6.95. The van der Waals surface area contributed by atoms with Gasteiger partial charge in [0.25, 0.3) is 0 Å². The van der Waals surface area contributed by atoms with E-state index in [1.54, 1.807) is 18.2 Å². The summed E-state index contributed by atoms with van der Waals surface area (Å²) in [6.07, 6.45) is 9.72. The van der Waals surface area contributed by atoms with Crippen molar-refractivity contribution in [2.75, 3.05) is 18.0 Å². The quantitative estimate of drug-likeness (QED) is 0.185. The standard InChI is InChI=1S/C45H39F2NO/c1-3-44(4-2)40-28-34(47)17-21-37(40)41-36-20-16-33(46)27-39(36)43-38(42(41)44)22-23-45(49-43,32-13-12-29-10-6-7-11-30(29)26-32)31-14-18-35(19-15-31)48-24-8-5-9-25-48/h6-7,10-23,26-28H,3-5,8-9,24-25H2,1-2H3. The predicted octanol–water partition coefficient (Wildman–Crippen LogP) is 11.7. The van der Waals surface area contributed by atoms with Crippen LogP contribution in [0.5, 0.6) is 5.75 Å². The van der Waals surface area contributed by atoms with Gasteiger partial charge in [-0.1, -0.05) is 80.6 Å². The lowest BCUT2D eigenvalue weighted by atomic mass is 9.71. The molecule has 2 heterocycles. The molecule has 1 fully saturated rings. The minimum Gasteiger partial charge on any atom is -0.472 e. The molecule has 6 aromatic carbocycles. The molecule has 4 heteroatoms. The second-order valence-corrected chi connectivity index (χ2v) is 14.0. The van der Waals surface area contributed by atoms with Gasteiger partial charge in [0.2, 0.25) is 0 Å². The van der Waals surface area contributed by atoms with Gasteiger partial charge >= 0.3 is 0 Å². The number of halogens is 2. The molecule has 244 valence electrons. The van der Waals surface area contributed by atoms with E-state index in [4.69, 9.17) is 4.74 Å². The van der Waals surface area contributed by atoms with Crippen LogP contribution < -0.4 is 9.64 Å². The lowest BCUT2D eigenvalue weighted by Crippen LogP contribution is -2.35. The highest BCUT2D eigenvalue weighted by Gasteiger charge is 2.47. The summed E-state index contributed by atoms with van der Waals surface area (Å²) in [5.41, 5.74) is 7.05. The smallest absolute Gasteiger partial charge is 0.178 e. The molecule has 1 unspecified atom stereocenters. The van der Waals surface area contributed by atoms with Crippen LogP contribution in [0.15, 0.2) is 109 Å². The summed E-state index contributed by atoms with van der Waals surface area (Å²) in [6.45, 7) is 6.52. The molecule has 0 amide bonds. The van der Waals surface area contributed by atoms with Gasteiger partial charge in [0, 0.05) is 46.3 Å². The highest BCUT2D eigenvalue weighted by Crippen LogP contribution is 2.60. The fourth-order valence-corrected chi connectivity index (χ4v) is 9.11. The zero-order valence-electron chi connectivity index (χ0n) is 28.0. The third kappa shape index (κ3) is 4.42. The summed E-state index contributed by atoms with van der Waals surface area (Å²) in [5.74, 6) is 0.116. The van der Waals surface area contributed by atoms with Crippen molar-refractivity contribution in [3.05, 3.63) is 149 Å². The number of rotatable bonds is 5. The van der Waals surface area contributed by atoms with Crippen LogP contribution in [0.1, 0.15) is 73.8 Å². The van der Waals surface area contributed by atoms with Crippen molar-refractivity contribution in [3.63, 3.8) is 0 Å². The number of piperidine rings is 1. The predicted molar refractivity (Wildman–Crippen MR) is 198 cm³/mol. The van der Waals surface area contributed by atoms with Crippen LogP contribution in [0, 0.1) is 11.6 Å². The van der Waals surface area contributed by atoms with Gasteiger partial charge in [-0.25, -0.2) is 8.78 Å². The molecule has 2 nitrogen and oxygen atoms in total. The van der Waals surface area contributed by atoms with Crippen molar-refractivity contribution < 1.29 is 13.5 Å². The van der Waals surface area contributed by atoms with Crippen LogP contribution in [-0.4, -0.2) is 13.1 Å². The van der Waals surface area contributed by atoms with Crippen molar-refractivity contribution in [1.82, 2.24) is 0 Å². The van der Waals surface area contributed by atoms with Crippen molar-refractivity contribution in [2.45, 2.75) is 57.0 Å². The first-order valence-electron chi connectivity index (χ1n) is 17.8. The monoisotopic (exact) mass is 647 g/mol. The van der Waals surface area contributed by atoms with Crippen LogP contribution in [-0.2, 0) is 11.0 Å². The molecule has 1 saturated heterocycles. The Labute approximate surface area is 286 Å². The Morgan fingerprint density at radius 3 is 2.18 bits per heavy atom. The Balaban J connectivity index is 1.31. The third-order valence-electron chi connectivity index (χ3n) is 11.7. The molecule has 0 N–H and O–H groups in total. The van der Waals surface area contributed by atoms with Crippen LogP contribution in [0.2, 0.25) is 0 Å². The second-order valence-electron chi connectivity index (χ2n) is 14.0. The maximum Gasteiger partial charge on any atom is 0.178 e. The molecule has 0 aromatic heterocycles. The van der Waals surface area contributed by atoms with Gasteiger partial charge in [-0.3, -0.25) is 0 Å². The summed E-state index contributed by atoms with van der Waals surface area (Å²) < 4.78 is 37.7. The van der Waals surface area contributed by atoms with Gasteiger partial charge in [0.05, 0.1) is 0 Å². The second kappa shape index (κ2) is 11.3. The van der Waals surface area contributed by atoms with Crippen LogP contribution in [0.3, 0.4) is 0 Å². The van der Waals surface area contributed by atoms with Crippen molar-refractivity contribution in [1.29, 1.82) is 0 Å². The number of anilines is 1. The van der Waals surface area contributed by atoms with E-state index in [0.29, 0.717) is 5.75 Å². The molecule has 1 aliphatic carbocycles. The Bertz CT molecular complexity index is 2300. The molecule has 49 heavy (non-hydrogen) atoms. The first kappa shape index (κ1) is 30.1. The highest BCUT2D eigenvalue weighted by molar-refractivity contribution is 6.08. The summed E-state index contributed by atoms with van der Waals surface area (Å²) in [6, 6.07) is 34.0. The lowest BCUT2D eigenvalue weighted by molar-refractivity contribution is 0.163. The van der Waals surface area contributed by atoms with Crippen LogP contribution >= 0.6 is 0 Å². The molecule has 6 aromatic rings. The number of hydrogen-bond donors (Lipinski definition) is 0. The van der Waals surface area contributed by atoms with Crippen molar-refractivity contribution in [3.8, 4) is 16.9 Å². The van der Waals surface area contributed by atoms with Crippen molar-refractivity contribution in [2.24, 2.45) is 0 Å². The zero-order chi connectivity index (χ0) is 33.3. The molecule has 1 atom stereocenters. The summed E-state index contributed by atoms with van der Waals surface area (Å²) in [4.78, 5) is 2.47. The first-order valence-corrected chi connectivity index (χ1v) is 17.8. The van der Waals surface area contributed by atoms with E-state index in [2.05, 4.69) is 97.6 Å². The number of hydrogen-bond acceptors (Lipinski definition) is 2.